The van der Waals surface area contributed by atoms with Crippen LogP contribution in [0.15, 0.2) is 48.6 Å². The van der Waals surface area contributed by atoms with Crippen molar-refractivity contribution in [2.75, 3.05) is 20.2 Å². The maximum Gasteiger partial charge on any atom is 0.338 e. The molecule has 6 aliphatic rings. The predicted molar refractivity (Wildman–Crippen MR) is 171 cm³/mol. The second kappa shape index (κ2) is 11.2. The van der Waals surface area contributed by atoms with Gasteiger partial charge in [-0.1, -0.05) is 26.0 Å². The first kappa shape index (κ1) is 31.1. The molecule has 8 atom stereocenters. The molecule has 4 aliphatic carbocycles. The van der Waals surface area contributed by atoms with Crippen LogP contribution in [0.5, 0.6) is 23.0 Å². The van der Waals surface area contributed by atoms with Crippen molar-refractivity contribution in [3.05, 3.63) is 59.7 Å². The number of carbonyl (C=O) groups is 3. The Morgan fingerprint density at radius 2 is 1.42 bits per heavy atom. The summed E-state index contributed by atoms with van der Waals surface area (Å²) in [6, 6.07) is 10.2. The highest BCUT2D eigenvalue weighted by atomic mass is 16.7. The number of allylic oxidation sites excluding steroid dienone is 1. The van der Waals surface area contributed by atoms with E-state index < -0.39 is 35.5 Å². The van der Waals surface area contributed by atoms with Crippen molar-refractivity contribution in [1.29, 1.82) is 0 Å². The molecule has 0 aromatic heterocycles. The Morgan fingerprint density at radius 3 is 2.04 bits per heavy atom. The van der Waals surface area contributed by atoms with E-state index in [1.165, 1.54) is 12.5 Å². The van der Waals surface area contributed by atoms with Crippen molar-refractivity contribution in [3.63, 3.8) is 0 Å². The van der Waals surface area contributed by atoms with E-state index in [0.29, 0.717) is 52.9 Å². The molecule has 1 spiro atoms. The molecule has 10 nitrogen and oxygen atoms in total. The normalized spacial score (nSPS) is 35.3. The van der Waals surface area contributed by atoms with Crippen LogP contribution in [-0.4, -0.2) is 50.3 Å². The molecule has 2 bridgehead atoms. The molecule has 2 aliphatic heterocycles. The summed E-state index contributed by atoms with van der Waals surface area (Å²) in [6.07, 6.45) is 4.90. The van der Waals surface area contributed by atoms with E-state index in [1.54, 1.807) is 36.4 Å². The quantitative estimate of drug-likeness (QED) is 0.190. The van der Waals surface area contributed by atoms with Gasteiger partial charge in [0, 0.05) is 17.8 Å². The van der Waals surface area contributed by atoms with Gasteiger partial charge in [0.05, 0.1) is 11.1 Å². The number of hydrogen-bond acceptors (Lipinski definition) is 10. The highest BCUT2D eigenvalue weighted by molar-refractivity contribution is 5.91. The van der Waals surface area contributed by atoms with Gasteiger partial charge in [0.2, 0.25) is 13.6 Å². The third-order valence-corrected chi connectivity index (χ3v) is 12.7. The Kier molecular flexibility index (Phi) is 7.23. The minimum Gasteiger partial charge on any atom is -0.465 e. The fraction of sp³-hybridized carbons (Fsp3) is 0.553. The average molecular weight is 659 g/mol. The minimum absolute atomic E-state index is 0.0803. The first-order chi connectivity index (χ1) is 23.0. The van der Waals surface area contributed by atoms with Gasteiger partial charge in [0.1, 0.15) is 18.8 Å². The minimum atomic E-state index is -0.748. The highest BCUT2D eigenvalue weighted by Gasteiger charge is 2.70. The molecule has 2 aromatic carbocycles. The van der Waals surface area contributed by atoms with Crippen molar-refractivity contribution in [2.24, 2.45) is 34.0 Å². The molecule has 0 saturated heterocycles. The van der Waals surface area contributed by atoms with Crippen LogP contribution in [0.2, 0.25) is 0 Å². The van der Waals surface area contributed by atoms with Crippen molar-refractivity contribution >= 4 is 17.9 Å². The summed E-state index contributed by atoms with van der Waals surface area (Å²) < 4.78 is 40.6. The summed E-state index contributed by atoms with van der Waals surface area (Å²) >= 11 is 0. The van der Waals surface area contributed by atoms with Crippen molar-refractivity contribution in [1.82, 2.24) is 0 Å². The monoisotopic (exact) mass is 658 g/mol. The van der Waals surface area contributed by atoms with E-state index >= 15 is 0 Å². The van der Waals surface area contributed by atoms with E-state index in [-0.39, 0.29) is 42.9 Å². The summed E-state index contributed by atoms with van der Waals surface area (Å²) in [5.41, 5.74) is 0.860. The zero-order chi connectivity index (χ0) is 33.4. The van der Waals surface area contributed by atoms with Crippen LogP contribution in [0.1, 0.15) is 86.4 Å². The van der Waals surface area contributed by atoms with Crippen molar-refractivity contribution in [3.8, 4) is 23.0 Å². The molecule has 0 amide bonds. The van der Waals surface area contributed by atoms with Crippen LogP contribution >= 0.6 is 0 Å². The summed E-state index contributed by atoms with van der Waals surface area (Å²) in [4.78, 5) is 39.9. The molecular formula is C38H42O10. The van der Waals surface area contributed by atoms with E-state index in [2.05, 4.69) is 20.4 Å². The zero-order valence-corrected chi connectivity index (χ0v) is 27.7. The van der Waals surface area contributed by atoms with Gasteiger partial charge in [-0.2, -0.15) is 0 Å². The van der Waals surface area contributed by atoms with Gasteiger partial charge in [0.15, 0.2) is 23.0 Å². The third kappa shape index (κ3) is 4.77. The lowest BCUT2D eigenvalue weighted by Crippen LogP contribution is -2.66. The van der Waals surface area contributed by atoms with E-state index in [0.717, 1.165) is 32.1 Å². The maximum atomic E-state index is 13.9. The lowest BCUT2D eigenvalue weighted by atomic mass is 9.40. The fourth-order valence-electron chi connectivity index (χ4n) is 10.5. The molecular weight excluding hydrogens is 616 g/mol. The lowest BCUT2D eigenvalue weighted by Gasteiger charge is -2.66. The lowest BCUT2D eigenvalue weighted by molar-refractivity contribution is -0.232. The Balaban J connectivity index is 1.14. The number of carbonyl (C=O) groups excluding carboxylic acids is 3. The number of hydrogen-bond donors (Lipinski definition) is 0. The fourth-order valence-corrected chi connectivity index (χ4v) is 10.5. The number of ether oxygens (including phenoxy) is 7. The molecule has 0 N–H and O–H groups in total. The highest BCUT2D eigenvalue weighted by Crippen LogP contribution is 2.73. The molecule has 10 heteroatoms. The molecule has 4 fully saturated rings. The molecule has 0 unspecified atom stereocenters. The SMILES string of the molecule is C=C1C[C@]23C[C@@H]1CC[C@H]2[C@]1(C)CC[C@@H](OC(=O)c2ccc4c(c2)OCO4)[C@](C)(COC(C)=O)[C@H]1C[C@@H]3OC(=O)c1ccc2c(c1)OCO2. The smallest absolute Gasteiger partial charge is 0.338 e. The first-order valence-electron chi connectivity index (χ1n) is 17.0. The largest absolute Gasteiger partial charge is 0.465 e. The maximum absolute atomic E-state index is 13.9. The van der Waals surface area contributed by atoms with Crippen LogP contribution in [0.3, 0.4) is 0 Å². The Hall–Kier alpha value is -4.21. The van der Waals surface area contributed by atoms with E-state index in [1.807, 2.05) is 0 Å². The van der Waals surface area contributed by atoms with Crippen LogP contribution in [0.25, 0.3) is 0 Å². The van der Waals surface area contributed by atoms with Crippen molar-refractivity contribution in [2.45, 2.75) is 77.9 Å². The van der Waals surface area contributed by atoms with E-state index in [4.69, 9.17) is 33.2 Å². The first-order valence-corrected chi connectivity index (χ1v) is 17.0. The van der Waals surface area contributed by atoms with Gasteiger partial charge < -0.3 is 33.2 Å². The van der Waals surface area contributed by atoms with Gasteiger partial charge in [-0.25, -0.2) is 9.59 Å². The topological polar surface area (TPSA) is 116 Å². The number of benzene rings is 2. The van der Waals surface area contributed by atoms with Crippen LogP contribution in [0.4, 0.5) is 0 Å². The summed E-state index contributed by atoms with van der Waals surface area (Å²) in [5.74, 6) is 1.53. The molecule has 2 heterocycles. The summed E-state index contributed by atoms with van der Waals surface area (Å²) in [6.45, 7) is 10.6. The van der Waals surface area contributed by atoms with Gasteiger partial charge in [-0.05, 0) is 105 Å². The molecule has 0 radical (unpaired) electrons. The predicted octanol–water partition coefficient (Wildman–Crippen LogP) is 6.65. The Morgan fingerprint density at radius 1 is 0.812 bits per heavy atom. The van der Waals surface area contributed by atoms with Crippen LogP contribution < -0.4 is 18.9 Å². The van der Waals surface area contributed by atoms with E-state index in [9.17, 15) is 14.4 Å². The van der Waals surface area contributed by atoms with Crippen LogP contribution in [-0.2, 0) is 19.0 Å². The van der Waals surface area contributed by atoms with Crippen molar-refractivity contribution < 1.29 is 47.5 Å². The molecule has 254 valence electrons. The Labute approximate surface area is 280 Å². The second-order valence-corrected chi connectivity index (χ2v) is 15.1. The van der Waals surface area contributed by atoms with Gasteiger partial charge in [0.25, 0.3) is 0 Å². The summed E-state index contributed by atoms with van der Waals surface area (Å²) in [7, 11) is 0. The Bertz CT molecular complexity index is 1700. The second-order valence-electron chi connectivity index (χ2n) is 15.1. The van der Waals surface area contributed by atoms with Gasteiger partial charge in [-0.15, -0.1) is 0 Å². The average Bonchev–Trinajstić information content (AvgIpc) is 3.80. The zero-order valence-electron chi connectivity index (χ0n) is 27.7. The number of esters is 3. The number of fused-ring (bicyclic) bond motifs is 5. The molecule has 48 heavy (non-hydrogen) atoms. The molecule has 8 rings (SSSR count). The van der Waals surface area contributed by atoms with Gasteiger partial charge in [-0.3, -0.25) is 4.79 Å². The summed E-state index contributed by atoms with van der Waals surface area (Å²) in [5, 5.41) is 0. The third-order valence-electron chi connectivity index (χ3n) is 12.7. The molecule has 2 aromatic rings. The van der Waals surface area contributed by atoms with Gasteiger partial charge >= 0.3 is 17.9 Å². The number of rotatable bonds is 6. The standard InChI is InChI=1S/C38H42O10/c1-21-16-38-17-25(21)7-10-30(38)36(3)12-11-32(47-34(40)23-5-8-26-28(13-23)45-19-43-26)37(4,18-42-22(2)39)31(36)15-33(38)48-35(41)24-6-9-27-29(14-24)46-20-44-27/h5-6,8-9,13-14,25,30-33H,1,7,10-12,15-20H2,2-4H3/t25-,30-,31-,32+,33-,36-,37+,38-/m0/s1. The molecule has 4 saturated carbocycles. The van der Waals surface area contributed by atoms with Crippen LogP contribution in [0, 0.1) is 34.0 Å².